The summed E-state index contributed by atoms with van der Waals surface area (Å²) in [6.07, 6.45) is 0.131. The maximum atomic E-state index is 11.9. The van der Waals surface area contributed by atoms with E-state index < -0.39 is 6.10 Å². The Kier molecular flexibility index (Phi) is 5.66. The highest BCUT2D eigenvalue weighted by Crippen LogP contribution is 2.13. The van der Waals surface area contributed by atoms with Crippen molar-refractivity contribution in [2.45, 2.75) is 25.4 Å². The van der Waals surface area contributed by atoms with Gasteiger partial charge in [0.05, 0.1) is 12.0 Å². The van der Waals surface area contributed by atoms with Gasteiger partial charge in [0, 0.05) is 13.1 Å². The first-order valence-corrected chi connectivity index (χ1v) is 5.89. The molecule has 2 atom stereocenters. The molecule has 4 N–H and O–H groups in total. The fraction of sp³-hybridized carbons (Fsp3) is 0.462. The van der Waals surface area contributed by atoms with E-state index in [1.165, 1.54) is 0 Å². The zero-order valence-electron chi connectivity index (χ0n) is 10.1. The van der Waals surface area contributed by atoms with Crippen LogP contribution in [0, 0.1) is 0 Å². The van der Waals surface area contributed by atoms with Gasteiger partial charge in [0.2, 0.25) is 5.91 Å². The molecule has 1 rings (SSSR count). The standard InChI is InChI=1S/C13H20N2O2/c1-2-11(16)9-15-13(17)12(8-14)10-6-4-3-5-7-10/h3-7,11-12,16H,2,8-9,14H2,1H3,(H,15,17). The SMILES string of the molecule is CCC(O)CNC(=O)C(CN)c1ccccc1. The van der Waals surface area contributed by atoms with E-state index in [-0.39, 0.29) is 24.9 Å². The van der Waals surface area contributed by atoms with Crippen molar-refractivity contribution in [2.75, 3.05) is 13.1 Å². The molecular weight excluding hydrogens is 216 g/mol. The quantitative estimate of drug-likeness (QED) is 0.677. The molecule has 0 saturated carbocycles. The summed E-state index contributed by atoms with van der Waals surface area (Å²) in [5, 5.41) is 12.1. The number of nitrogens with two attached hydrogens (primary N) is 1. The Hall–Kier alpha value is -1.39. The van der Waals surface area contributed by atoms with Gasteiger partial charge in [-0.2, -0.15) is 0 Å². The van der Waals surface area contributed by atoms with Gasteiger partial charge in [0.15, 0.2) is 0 Å². The fourth-order valence-corrected chi connectivity index (χ4v) is 1.57. The molecule has 0 aliphatic heterocycles. The van der Waals surface area contributed by atoms with Gasteiger partial charge in [-0.25, -0.2) is 0 Å². The Morgan fingerprint density at radius 2 is 2.06 bits per heavy atom. The molecule has 2 unspecified atom stereocenters. The van der Waals surface area contributed by atoms with Gasteiger partial charge in [-0.15, -0.1) is 0 Å². The highest BCUT2D eigenvalue weighted by Gasteiger charge is 2.18. The molecule has 17 heavy (non-hydrogen) atoms. The second-order valence-electron chi connectivity index (χ2n) is 4.01. The zero-order valence-corrected chi connectivity index (χ0v) is 10.1. The molecule has 94 valence electrons. The van der Waals surface area contributed by atoms with E-state index in [2.05, 4.69) is 5.32 Å². The van der Waals surface area contributed by atoms with Crippen LogP contribution in [-0.4, -0.2) is 30.2 Å². The third-order valence-electron chi connectivity index (χ3n) is 2.74. The smallest absolute Gasteiger partial charge is 0.228 e. The number of carbonyl (C=O) groups is 1. The number of rotatable bonds is 6. The average Bonchev–Trinajstić information content (AvgIpc) is 2.38. The normalized spacial score (nSPS) is 14.1. The van der Waals surface area contributed by atoms with Crippen molar-refractivity contribution in [3.05, 3.63) is 35.9 Å². The zero-order chi connectivity index (χ0) is 12.7. The number of amides is 1. The lowest BCUT2D eigenvalue weighted by Crippen LogP contribution is -2.37. The molecule has 0 saturated heterocycles. The van der Waals surface area contributed by atoms with Gasteiger partial charge in [-0.3, -0.25) is 4.79 Å². The van der Waals surface area contributed by atoms with Crippen molar-refractivity contribution >= 4 is 5.91 Å². The Balaban J connectivity index is 2.59. The summed E-state index contributed by atoms with van der Waals surface area (Å²) in [7, 11) is 0. The van der Waals surface area contributed by atoms with Crippen molar-refractivity contribution in [3.63, 3.8) is 0 Å². The van der Waals surface area contributed by atoms with Crippen molar-refractivity contribution < 1.29 is 9.90 Å². The Bertz CT molecular complexity index is 341. The summed E-state index contributed by atoms with van der Waals surface area (Å²) in [6.45, 7) is 2.41. The highest BCUT2D eigenvalue weighted by molar-refractivity contribution is 5.83. The minimum atomic E-state index is -0.492. The summed E-state index contributed by atoms with van der Waals surface area (Å²) < 4.78 is 0. The number of hydrogen-bond donors (Lipinski definition) is 3. The molecule has 0 radical (unpaired) electrons. The van der Waals surface area contributed by atoms with E-state index in [0.717, 1.165) is 5.56 Å². The minimum Gasteiger partial charge on any atom is -0.391 e. The van der Waals surface area contributed by atoms with Gasteiger partial charge in [0.1, 0.15) is 0 Å². The van der Waals surface area contributed by atoms with Gasteiger partial charge in [0.25, 0.3) is 0 Å². The van der Waals surface area contributed by atoms with Gasteiger partial charge >= 0.3 is 0 Å². The lowest BCUT2D eigenvalue weighted by molar-refractivity contribution is -0.122. The van der Waals surface area contributed by atoms with Crippen LogP contribution in [0.4, 0.5) is 0 Å². The first-order valence-electron chi connectivity index (χ1n) is 5.89. The number of benzene rings is 1. The molecule has 0 aliphatic carbocycles. The van der Waals surface area contributed by atoms with Crippen LogP contribution in [0.2, 0.25) is 0 Å². The van der Waals surface area contributed by atoms with Crippen molar-refractivity contribution in [1.82, 2.24) is 5.32 Å². The topological polar surface area (TPSA) is 75.3 Å². The van der Waals surface area contributed by atoms with Crippen LogP contribution in [0.15, 0.2) is 30.3 Å². The lowest BCUT2D eigenvalue weighted by Gasteiger charge is -2.16. The highest BCUT2D eigenvalue weighted by atomic mass is 16.3. The largest absolute Gasteiger partial charge is 0.391 e. The monoisotopic (exact) mass is 236 g/mol. The third-order valence-corrected chi connectivity index (χ3v) is 2.74. The van der Waals surface area contributed by atoms with Crippen LogP contribution in [0.3, 0.4) is 0 Å². The summed E-state index contributed by atoms with van der Waals surface area (Å²) in [4.78, 5) is 11.9. The molecule has 1 aromatic rings. The molecule has 4 heteroatoms. The van der Waals surface area contributed by atoms with E-state index in [1.807, 2.05) is 37.3 Å². The van der Waals surface area contributed by atoms with Crippen molar-refractivity contribution in [3.8, 4) is 0 Å². The van der Waals surface area contributed by atoms with E-state index in [0.29, 0.717) is 6.42 Å². The predicted molar refractivity (Wildman–Crippen MR) is 67.5 cm³/mol. The average molecular weight is 236 g/mol. The van der Waals surface area contributed by atoms with Crippen LogP contribution in [0.25, 0.3) is 0 Å². The van der Waals surface area contributed by atoms with E-state index in [4.69, 9.17) is 5.73 Å². The van der Waals surface area contributed by atoms with Crippen molar-refractivity contribution in [1.29, 1.82) is 0 Å². The molecule has 4 nitrogen and oxygen atoms in total. The Morgan fingerprint density at radius 3 is 2.59 bits per heavy atom. The van der Waals surface area contributed by atoms with Crippen LogP contribution < -0.4 is 11.1 Å². The van der Waals surface area contributed by atoms with Crippen LogP contribution in [-0.2, 0) is 4.79 Å². The summed E-state index contributed by atoms with van der Waals surface area (Å²) in [6, 6.07) is 9.43. The predicted octanol–water partition coefficient (Wildman–Crippen LogP) is 0.616. The first kappa shape index (κ1) is 13.7. The summed E-state index contributed by atoms with van der Waals surface area (Å²) in [5.41, 5.74) is 6.52. The number of nitrogens with one attached hydrogen (secondary N) is 1. The molecule has 0 heterocycles. The summed E-state index contributed by atoms with van der Waals surface area (Å²) in [5.74, 6) is -0.480. The summed E-state index contributed by atoms with van der Waals surface area (Å²) >= 11 is 0. The van der Waals surface area contributed by atoms with Crippen LogP contribution in [0.1, 0.15) is 24.8 Å². The fourth-order valence-electron chi connectivity index (χ4n) is 1.57. The van der Waals surface area contributed by atoms with E-state index in [1.54, 1.807) is 0 Å². The molecule has 0 aliphatic rings. The second kappa shape index (κ2) is 7.04. The van der Waals surface area contributed by atoms with Gasteiger partial charge < -0.3 is 16.2 Å². The molecule has 1 amide bonds. The third kappa shape index (κ3) is 4.17. The maximum absolute atomic E-state index is 11.9. The number of carbonyl (C=O) groups excluding carboxylic acids is 1. The number of aliphatic hydroxyl groups excluding tert-OH is 1. The van der Waals surface area contributed by atoms with Crippen LogP contribution in [0.5, 0.6) is 0 Å². The molecule has 0 fully saturated rings. The molecular formula is C13H20N2O2. The van der Waals surface area contributed by atoms with Crippen molar-refractivity contribution in [2.24, 2.45) is 5.73 Å². The van der Waals surface area contributed by atoms with Gasteiger partial charge in [-0.05, 0) is 12.0 Å². The van der Waals surface area contributed by atoms with E-state index in [9.17, 15) is 9.90 Å². The number of hydrogen-bond acceptors (Lipinski definition) is 3. The number of aliphatic hydroxyl groups is 1. The minimum absolute atomic E-state index is 0.133. The van der Waals surface area contributed by atoms with Crippen LogP contribution >= 0.6 is 0 Å². The molecule has 0 aromatic heterocycles. The lowest BCUT2D eigenvalue weighted by atomic mass is 9.98. The van der Waals surface area contributed by atoms with E-state index >= 15 is 0 Å². The second-order valence-corrected chi connectivity index (χ2v) is 4.01. The Labute approximate surface area is 102 Å². The molecule has 1 aromatic carbocycles. The van der Waals surface area contributed by atoms with Gasteiger partial charge in [-0.1, -0.05) is 37.3 Å². The maximum Gasteiger partial charge on any atom is 0.228 e. The first-order chi connectivity index (χ1) is 8.19. The molecule has 0 bridgehead atoms. The molecule has 0 spiro atoms. The Morgan fingerprint density at radius 1 is 1.41 bits per heavy atom.